The Labute approximate surface area is 106 Å². The van der Waals surface area contributed by atoms with E-state index in [4.69, 9.17) is 4.74 Å². The monoisotopic (exact) mass is 244 g/mol. The molecule has 0 radical (unpaired) electrons. The Kier molecular flexibility index (Phi) is 6.72. The molecule has 0 aromatic rings. The molecule has 4 heteroatoms. The summed E-state index contributed by atoms with van der Waals surface area (Å²) in [6, 6.07) is 0.355. The van der Waals surface area contributed by atoms with Crippen molar-refractivity contribution in [2.75, 3.05) is 27.2 Å². The van der Waals surface area contributed by atoms with Crippen LogP contribution < -0.4 is 5.32 Å². The summed E-state index contributed by atoms with van der Waals surface area (Å²) in [5, 5.41) is 2.91. The van der Waals surface area contributed by atoms with E-state index >= 15 is 0 Å². The van der Waals surface area contributed by atoms with Crippen molar-refractivity contribution in [3.63, 3.8) is 0 Å². The molecule has 17 heavy (non-hydrogen) atoms. The average molecular weight is 244 g/mol. The molecule has 0 aliphatic rings. The van der Waals surface area contributed by atoms with Crippen LogP contribution in [0.4, 0.5) is 0 Å². The molecule has 0 aromatic heterocycles. The minimum absolute atomic E-state index is 0.0487. The van der Waals surface area contributed by atoms with E-state index in [1.807, 2.05) is 34.9 Å². The highest BCUT2D eigenvalue weighted by Gasteiger charge is 2.17. The zero-order valence-electron chi connectivity index (χ0n) is 12.3. The first kappa shape index (κ1) is 16.4. The van der Waals surface area contributed by atoms with Crippen LogP contribution in [0.25, 0.3) is 0 Å². The van der Waals surface area contributed by atoms with Crippen molar-refractivity contribution in [2.24, 2.45) is 5.92 Å². The Morgan fingerprint density at radius 1 is 1.29 bits per heavy atom. The third-order valence-corrected chi connectivity index (χ3v) is 2.58. The summed E-state index contributed by atoms with van der Waals surface area (Å²) >= 11 is 0. The van der Waals surface area contributed by atoms with Gasteiger partial charge in [-0.1, -0.05) is 13.8 Å². The molecule has 0 saturated heterocycles. The van der Waals surface area contributed by atoms with Crippen molar-refractivity contribution < 1.29 is 9.53 Å². The number of hydrogen-bond acceptors (Lipinski definition) is 3. The fraction of sp³-hybridized carbons (Fsp3) is 0.923. The molecule has 0 aromatic carbocycles. The summed E-state index contributed by atoms with van der Waals surface area (Å²) in [5.41, 5.74) is -0.268. The topological polar surface area (TPSA) is 41.6 Å². The lowest BCUT2D eigenvalue weighted by atomic mass is 10.0. The SMILES string of the molecule is CC(C)C(CNC(=O)COC(C)(C)C)N(C)C. The van der Waals surface area contributed by atoms with Crippen LogP contribution in [0, 0.1) is 5.92 Å². The standard InChI is InChI=1S/C13H28N2O2/c1-10(2)11(15(6)7)8-14-12(16)9-17-13(3,4)5/h10-11H,8-9H2,1-7H3,(H,14,16). The highest BCUT2D eigenvalue weighted by molar-refractivity contribution is 5.77. The molecule has 1 amide bonds. The summed E-state index contributed by atoms with van der Waals surface area (Å²) in [7, 11) is 4.06. The quantitative estimate of drug-likeness (QED) is 0.770. The highest BCUT2D eigenvalue weighted by Crippen LogP contribution is 2.07. The Bertz CT molecular complexity index is 224. The zero-order valence-corrected chi connectivity index (χ0v) is 12.3. The fourth-order valence-corrected chi connectivity index (χ4v) is 1.57. The largest absolute Gasteiger partial charge is 0.366 e. The van der Waals surface area contributed by atoms with E-state index in [0.29, 0.717) is 18.5 Å². The minimum atomic E-state index is -0.268. The molecule has 0 rings (SSSR count). The molecule has 1 unspecified atom stereocenters. The third-order valence-electron chi connectivity index (χ3n) is 2.58. The van der Waals surface area contributed by atoms with Crippen LogP contribution in [-0.4, -0.2) is 49.7 Å². The number of hydrogen-bond donors (Lipinski definition) is 1. The Morgan fingerprint density at radius 2 is 1.82 bits per heavy atom. The third kappa shape index (κ3) is 8.16. The van der Waals surface area contributed by atoms with Gasteiger partial charge in [0, 0.05) is 12.6 Å². The number of likely N-dealkylation sites (N-methyl/N-ethyl adjacent to an activating group) is 1. The maximum atomic E-state index is 11.6. The van der Waals surface area contributed by atoms with Crippen molar-refractivity contribution in [3.05, 3.63) is 0 Å². The van der Waals surface area contributed by atoms with Gasteiger partial charge >= 0.3 is 0 Å². The first-order valence-corrected chi connectivity index (χ1v) is 6.20. The molecular weight excluding hydrogens is 216 g/mol. The summed E-state index contributed by atoms with van der Waals surface area (Å²) in [6.07, 6.45) is 0. The van der Waals surface area contributed by atoms with Gasteiger partial charge in [0.2, 0.25) is 5.91 Å². The minimum Gasteiger partial charge on any atom is -0.366 e. The van der Waals surface area contributed by atoms with Gasteiger partial charge in [-0.05, 0) is 40.8 Å². The van der Waals surface area contributed by atoms with Gasteiger partial charge < -0.3 is 15.0 Å². The van der Waals surface area contributed by atoms with Crippen molar-refractivity contribution in [1.82, 2.24) is 10.2 Å². The first-order chi connectivity index (χ1) is 7.63. The van der Waals surface area contributed by atoms with Crippen molar-refractivity contribution in [3.8, 4) is 0 Å². The first-order valence-electron chi connectivity index (χ1n) is 6.20. The summed E-state index contributed by atoms with van der Waals surface area (Å²) in [4.78, 5) is 13.7. The van der Waals surface area contributed by atoms with Crippen molar-refractivity contribution >= 4 is 5.91 Å². The van der Waals surface area contributed by atoms with Gasteiger partial charge in [-0.15, -0.1) is 0 Å². The molecule has 1 N–H and O–H groups in total. The molecule has 4 nitrogen and oxygen atoms in total. The average Bonchev–Trinajstić information content (AvgIpc) is 2.12. The molecular formula is C13H28N2O2. The van der Waals surface area contributed by atoms with Crippen LogP contribution in [0.5, 0.6) is 0 Å². The smallest absolute Gasteiger partial charge is 0.246 e. The molecule has 0 bridgehead atoms. The number of nitrogens with zero attached hydrogens (tertiary/aromatic N) is 1. The van der Waals surface area contributed by atoms with Crippen LogP contribution >= 0.6 is 0 Å². The van der Waals surface area contributed by atoms with Crippen LogP contribution in [0.3, 0.4) is 0 Å². The number of carbonyl (C=O) groups excluding carboxylic acids is 1. The van der Waals surface area contributed by atoms with Crippen LogP contribution in [0.2, 0.25) is 0 Å². The predicted molar refractivity (Wildman–Crippen MR) is 71.0 cm³/mol. The van der Waals surface area contributed by atoms with Crippen molar-refractivity contribution in [1.29, 1.82) is 0 Å². The lowest BCUT2D eigenvalue weighted by Crippen LogP contribution is -2.44. The number of ether oxygens (including phenoxy) is 1. The molecule has 0 fully saturated rings. The second-order valence-electron chi connectivity index (χ2n) is 5.98. The second-order valence-corrected chi connectivity index (χ2v) is 5.98. The molecule has 0 spiro atoms. The maximum Gasteiger partial charge on any atom is 0.246 e. The van der Waals surface area contributed by atoms with Crippen LogP contribution in [0.15, 0.2) is 0 Å². The predicted octanol–water partition coefficient (Wildman–Crippen LogP) is 1.50. The number of carbonyl (C=O) groups is 1. The van der Waals surface area contributed by atoms with Crippen LogP contribution in [-0.2, 0) is 9.53 Å². The Balaban J connectivity index is 3.97. The van der Waals surface area contributed by atoms with E-state index < -0.39 is 0 Å². The lowest BCUT2D eigenvalue weighted by molar-refractivity contribution is -0.130. The second kappa shape index (κ2) is 6.97. The molecule has 102 valence electrons. The lowest BCUT2D eigenvalue weighted by Gasteiger charge is -2.28. The Morgan fingerprint density at radius 3 is 2.18 bits per heavy atom. The molecule has 0 aliphatic heterocycles. The van der Waals surface area contributed by atoms with E-state index in [9.17, 15) is 4.79 Å². The zero-order chi connectivity index (χ0) is 13.6. The van der Waals surface area contributed by atoms with Crippen LogP contribution in [0.1, 0.15) is 34.6 Å². The Hall–Kier alpha value is -0.610. The van der Waals surface area contributed by atoms with E-state index in [2.05, 4.69) is 24.1 Å². The molecule has 0 aliphatic carbocycles. The summed E-state index contributed by atoms with van der Waals surface area (Å²) in [5.74, 6) is 0.459. The summed E-state index contributed by atoms with van der Waals surface area (Å²) in [6.45, 7) is 10.9. The van der Waals surface area contributed by atoms with Gasteiger partial charge in [-0.2, -0.15) is 0 Å². The van der Waals surface area contributed by atoms with E-state index in [-0.39, 0.29) is 18.1 Å². The van der Waals surface area contributed by atoms with E-state index in [1.165, 1.54) is 0 Å². The van der Waals surface area contributed by atoms with Crippen molar-refractivity contribution in [2.45, 2.75) is 46.3 Å². The number of amides is 1. The summed E-state index contributed by atoms with van der Waals surface area (Å²) < 4.78 is 5.42. The van der Waals surface area contributed by atoms with E-state index in [1.54, 1.807) is 0 Å². The number of nitrogens with one attached hydrogen (secondary N) is 1. The van der Waals surface area contributed by atoms with Gasteiger partial charge in [-0.3, -0.25) is 4.79 Å². The van der Waals surface area contributed by atoms with Gasteiger partial charge in [0.05, 0.1) is 5.60 Å². The van der Waals surface area contributed by atoms with Gasteiger partial charge in [0.1, 0.15) is 6.61 Å². The normalized spacial score (nSPS) is 14.2. The maximum absolute atomic E-state index is 11.6. The van der Waals surface area contributed by atoms with Gasteiger partial charge in [0.25, 0.3) is 0 Å². The molecule has 0 saturated carbocycles. The molecule has 1 atom stereocenters. The van der Waals surface area contributed by atoms with Gasteiger partial charge in [0.15, 0.2) is 0 Å². The van der Waals surface area contributed by atoms with E-state index in [0.717, 1.165) is 0 Å². The fourth-order valence-electron chi connectivity index (χ4n) is 1.57. The molecule has 0 heterocycles. The number of rotatable bonds is 6. The highest BCUT2D eigenvalue weighted by atomic mass is 16.5. The van der Waals surface area contributed by atoms with Gasteiger partial charge in [-0.25, -0.2) is 0 Å².